The Morgan fingerprint density at radius 3 is 2.77 bits per heavy atom. The van der Waals surface area contributed by atoms with E-state index < -0.39 is 0 Å². The molecule has 26 heavy (non-hydrogen) atoms. The summed E-state index contributed by atoms with van der Waals surface area (Å²) in [5, 5.41) is 6.84. The molecule has 0 saturated carbocycles. The zero-order valence-corrected chi connectivity index (χ0v) is 15.3. The molecule has 2 amide bonds. The number of hydrogen-bond acceptors (Lipinski definition) is 4. The first-order chi connectivity index (χ1) is 12.5. The van der Waals surface area contributed by atoms with Gasteiger partial charge in [-0.3, -0.25) is 9.59 Å². The molecule has 0 aliphatic carbocycles. The Morgan fingerprint density at radius 1 is 1.31 bits per heavy atom. The quantitative estimate of drug-likeness (QED) is 0.826. The van der Waals surface area contributed by atoms with Crippen LogP contribution >= 0.6 is 0 Å². The van der Waals surface area contributed by atoms with E-state index in [0.717, 1.165) is 30.6 Å². The van der Waals surface area contributed by atoms with Gasteiger partial charge in [0, 0.05) is 25.1 Å². The molecule has 1 aromatic carbocycles. The van der Waals surface area contributed by atoms with Crippen LogP contribution in [0.1, 0.15) is 35.4 Å². The number of hydrogen-bond donors (Lipinski definition) is 1. The lowest BCUT2D eigenvalue weighted by Crippen LogP contribution is -2.38. The molecule has 2 aromatic rings. The van der Waals surface area contributed by atoms with Crippen molar-refractivity contribution in [3.05, 3.63) is 52.9 Å². The first-order valence-corrected chi connectivity index (χ1v) is 9.05. The molecule has 138 valence electrons. The van der Waals surface area contributed by atoms with Gasteiger partial charge in [-0.25, -0.2) is 0 Å². The molecule has 0 spiro atoms. The monoisotopic (exact) mass is 355 g/mol. The highest BCUT2D eigenvalue weighted by Gasteiger charge is 2.30. The van der Waals surface area contributed by atoms with Gasteiger partial charge in [-0.2, -0.15) is 0 Å². The average Bonchev–Trinajstić information content (AvgIpc) is 3.12. The Hall–Kier alpha value is -2.63. The Kier molecular flexibility index (Phi) is 5.71. The van der Waals surface area contributed by atoms with Gasteiger partial charge in [0.05, 0.1) is 18.2 Å². The summed E-state index contributed by atoms with van der Waals surface area (Å²) in [6.45, 7) is 4.94. The number of nitrogens with one attached hydrogen (secondary N) is 1. The second-order valence-corrected chi connectivity index (χ2v) is 6.88. The average molecular weight is 355 g/mol. The van der Waals surface area contributed by atoms with E-state index in [1.54, 1.807) is 6.92 Å². The second kappa shape index (κ2) is 8.17. The predicted molar refractivity (Wildman–Crippen MR) is 97.6 cm³/mol. The van der Waals surface area contributed by atoms with Crippen molar-refractivity contribution in [1.29, 1.82) is 0 Å². The van der Waals surface area contributed by atoms with Crippen LogP contribution in [0.5, 0.6) is 0 Å². The third kappa shape index (κ3) is 4.50. The van der Waals surface area contributed by atoms with Crippen molar-refractivity contribution in [3.63, 3.8) is 0 Å². The number of rotatable bonds is 7. The lowest BCUT2D eigenvalue weighted by atomic mass is 10.1. The van der Waals surface area contributed by atoms with Crippen LogP contribution in [-0.4, -0.2) is 41.0 Å². The van der Waals surface area contributed by atoms with Gasteiger partial charge >= 0.3 is 0 Å². The van der Waals surface area contributed by atoms with Gasteiger partial charge < -0.3 is 14.7 Å². The van der Waals surface area contributed by atoms with E-state index in [0.29, 0.717) is 18.7 Å². The molecule has 1 aromatic heterocycles. The Labute approximate surface area is 153 Å². The highest BCUT2D eigenvalue weighted by molar-refractivity contribution is 5.83. The zero-order valence-electron chi connectivity index (χ0n) is 15.3. The summed E-state index contributed by atoms with van der Waals surface area (Å²) in [6, 6.07) is 10.1. The van der Waals surface area contributed by atoms with Crippen LogP contribution in [-0.2, 0) is 22.4 Å². The molecule has 1 saturated heterocycles. The normalized spacial score (nSPS) is 16.9. The van der Waals surface area contributed by atoms with Gasteiger partial charge in [0.15, 0.2) is 0 Å². The molecule has 1 aliphatic rings. The van der Waals surface area contributed by atoms with Crippen molar-refractivity contribution in [3.8, 4) is 0 Å². The molecule has 6 nitrogen and oxygen atoms in total. The molecular weight excluding hydrogens is 330 g/mol. The maximum Gasteiger partial charge on any atom is 0.224 e. The minimum atomic E-state index is -0.118. The van der Waals surface area contributed by atoms with Gasteiger partial charge in [0.2, 0.25) is 11.8 Å². The summed E-state index contributed by atoms with van der Waals surface area (Å²) in [6.07, 6.45) is 2.49. The second-order valence-electron chi connectivity index (χ2n) is 6.88. The summed E-state index contributed by atoms with van der Waals surface area (Å²) in [7, 11) is 0. The number of nitrogens with zero attached hydrogens (tertiary/aromatic N) is 2. The van der Waals surface area contributed by atoms with E-state index >= 15 is 0 Å². The molecule has 0 radical (unpaired) electrons. The van der Waals surface area contributed by atoms with Crippen molar-refractivity contribution in [1.82, 2.24) is 15.4 Å². The maximum absolute atomic E-state index is 12.3. The van der Waals surface area contributed by atoms with E-state index in [1.165, 1.54) is 5.56 Å². The van der Waals surface area contributed by atoms with Crippen LogP contribution in [0.15, 0.2) is 34.9 Å². The number of amides is 2. The van der Waals surface area contributed by atoms with Gasteiger partial charge in [-0.05, 0) is 32.3 Å². The standard InChI is InChI=1S/C20H25N3O3/c1-14-18(15(2)26-22-14)12-19(24)21-17-11-20(25)23(13-17)10-6-9-16-7-4-3-5-8-16/h3-5,7-8,17H,6,9-13H2,1-2H3,(H,21,24)/t17-/m1/s1. The first-order valence-electron chi connectivity index (χ1n) is 9.05. The van der Waals surface area contributed by atoms with Crippen LogP contribution in [0, 0.1) is 13.8 Å². The van der Waals surface area contributed by atoms with Crippen LogP contribution in [0.3, 0.4) is 0 Å². The predicted octanol–water partition coefficient (Wildman–Crippen LogP) is 2.18. The zero-order chi connectivity index (χ0) is 18.5. The SMILES string of the molecule is Cc1noc(C)c1CC(=O)N[C@@H]1CC(=O)N(CCCc2ccccc2)C1. The Balaban J connectivity index is 1.44. The molecule has 0 unspecified atom stereocenters. The molecule has 2 heterocycles. The van der Waals surface area contributed by atoms with Crippen molar-refractivity contribution < 1.29 is 14.1 Å². The molecule has 1 N–H and O–H groups in total. The minimum Gasteiger partial charge on any atom is -0.361 e. The molecule has 1 fully saturated rings. The van der Waals surface area contributed by atoms with E-state index in [2.05, 4.69) is 22.6 Å². The summed E-state index contributed by atoms with van der Waals surface area (Å²) in [5.74, 6) is 0.687. The number of aromatic nitrogens is 1. The van der Waals surface area contributed by atoms with Gasteiger partial charge in [0.1, 0.15) is 5.76 Å². The number of carbonyl (C=O) groups excluding carboxylic acids is 2. The van der Waals surface area contributed by atoms with Gasteiger partial charge in [0.25, 0.3) is 0 Å². The summed E-state index contributed by atoms with van der Waals surface area (Å²) in [5.41, 5.74) is 2.85. The van der Waals surface area contributed by atoms with Crippen molar-refractivity contribution in [2.24, 2.45) is 0 Å². The smallest absolute Gasteiger partial charge is 0.224 e. The number of aryl methyl sites for hydroxylation is 3. The lowest BCUT2D eigenvalue weighted by molar-refractivity contribution is -0.127. The highest BCUT2D eigenvalue weighted by Crippen LogP contribution is 2.15. The number of benzene rings is 1. The number of likely N-dealkylation sites (tertiary alicyclic amines) is 1. The molecule has 1 aliphatic heterocycles. The van der Waals surface area contributed by atoms with Crippen molar-refractivity contribution in [2.45, 2.75) is 45.6 Å². The first kappa shape index (κ1) is 18.2. The fourth-order valence-electron chi connectivity index (χ4n) is 3.40. The maximum atomic E-state index is 12.3. The van der Waals surface area contributed by atoms with Crippen LogP contribution in [0.2, 0.25) is 0 Å². The third-order valence-electron chi connectivity index (χ3n) is 4.83. The van der Waals surface area contributed by atoms with Crippen LogP contribution in [0.25, 0.3) is 0 Å². The number of carbonyl (C=O) groups is 2. The molecule has 3 rings (SSSR count). The largest absolute Gasteiger partial charge is 0.361 e. The van der Waals surface area contributed by atoms with Crippen molar-refractivity contribution >= 4 is 11.8 Å². The lowest BCUT2D eigenvalue weighted by Gasteiger charge is -2.17. The van der Waals surface area contributed by atoms with E-state index in [9.17, 15) is 9.59 Å². The third-order valence-corrected chi connectivity index (χ3v) is 4.83. The minimum absolute atomic E-state index is 0.0941. The molecular formula is C20H25N3O3. The summed E-state index contributed by atoms with van der Waals surface area (Å²) < 4.78 is 5.09. The van der Waals surface area contributed by atoms with Crippen LogP contribution < -0.4 is 5.32 Å². The molecule has 1 atom stereocenters. The topological polar surface area (TPSA) is 75.4 Å². The Morgan fingerprint density at radius 2 is 2.08 bits per heavy atom. The fourth-order valence-corrected chi connectivity index (χ4v) is 3.40. The molecule has 0 bridgehead atoms. The molecule has 6 heteroatoms. The van der Waals surface area contributed by atoms with Gasteiger partial charge in [-0.15, -0.1) is 0 Å². The highest BCUT2D eigenvalue weighted by atomic mass is 16.5. The van der Waals surface area contributed by atoms with Crippen molar-refractivity contribution in [2.75, 3.05) is 13.1 Å². The Bertz CT molecular complexity index is 750. The van der Waals surface area contributed by atoms with Gasteiger partial charge in [-0.1, -0.05) is 35.5 Å². The fraction of sp³-hybridized carbons (Fsp3) is 0.450. The van der Waals surface area contributed by atoms with E-state index in [1.807, 2.05) is 30.0 Å². The van der Waals surface area contributed by atoms with E-state index in [4.69, 9.17) is 4.52 Å². The van der Waals surface area contributed by atoms with E-state index in [-0.39, 0.29) is 24.3 Å². The van der Waals surface area contributed by atoms with Crippen LogP contribution in [0.4, 0.5) is 0 Å². The summed E-state index contributed by atoms with van der Waals surface area (Å²) in [4.78, 5) is 26.3. The summed E-state index contributed by atoms with van der Waals surface area (Å²) >= 11 is 0.